The molecule has 1 aromatic carbocycles. The minimum absolute atomic E-state index is 0.0983. The van der Waals surface area contributed by atoms with Crippen molar-refractivity contribution in [1.82, 2.24) is 9.80 Å². The fourth-order valence-electron chi connectivity index (χ4n) is 3.16. The smallest absolute Gasteiger partial charge is 0.236 e. The Balaban J connectivity index is 1.98. The van der Waals surface area contributed by atoms with Gasteiger partial charge in [-0.1, -0.05) is 19.1 Å². The molecular weight excluding hydrogens is 306 g/mol. The van der Waals surface area contributed by atoms with E-state index in [1.54, 1.807) is 19.1 Å². The molecule has 1 heterocycles. The number of likely N-dealkylation sites (tertiary alicyclic amines) is 1. The summed E-state index contributed by atoms with van der Waals surface area (Å²) in [5, 5.41) is 0. The molecular formula is C18H29N3O3. The van der Waals surface area contributed by atoms with Crippen LogP contribution in [0.3, 0.4) is 0 Å². The third-order valence-electron chi connectivity index (χ3n) is 4.81. The zero-order chi connectivity index (χ0) is 17.7. The molecule has 1 aliphatic heterocycles. The molecule has 1 amide bonds. The first-order valence-corrected chi connectivity index (χ1v) is 8.28. The third-order valence-corrected chi connectivity index (χ3v) is 4.81. The van der Waals surface area contributed by atoms with Crippen LogP contribution in [-0.4, -0.2) is 63.2 Å². The van der Waals surface area contributed by atoms with Crippen LogP contribution in [0.25, 0.3) is 0 Å². The SMILES string of the molecule is COc1cccc(CN(C)C(=O)CN2CCC(C)(CN)C2)c1OC. The van der Waals surface area contributed by atoms with Crippen LogP contribution in [0.4, 0.5) is 0 Å². The number of rotatable bonds is 7. The molecule has 24 heavy (non-hydrogen) atoms. The van der Waals surface area contributed by atoms with E-state index in [-0.39, 0.29) is 11.3 Å². The van der Waals surface area contributed by atoms with E-state index in [2.05, 4.69) is 11.8 Å². The summed E-state index contributed by atoms with van der Waals surface area (Å²) in [6.45, 7) is 5.57. The van der Waals surface area contributed by atoms with Crippen molar-refractivity contribution in [3.8, 4) is 11.5 Å². The summed E-state index contributed by atoms with van der Waals surface area (Å²) < 4.78 is 10.7. The van der Waals surface area contributed by atoms with Crippen molar-refractivity contribution < 1.29 is 14.3 Å². The Morgan fingerprint density at radius 3 is 2.71 bits per heavy atom. The number of hydrogen-bond acceptors (Lipinski definition) is 5. The van der Waals surface area contributed by atoms with E-state index >= 15 is 0 Å². The van der Waals surface area contributed by atoms with Gasteiger partial charge in [0.1, 0.15) is 0 Å². The Morgan fingerprint density at radius 1 is 1.38 bits per heavy atom. The maximum Gasteiger partial charge on any atom is 0.236 e. The molecule has 0 aromatic heterocycles. The van der Waals surface area contributed by atoms with E-state index in [4.69, 9.17) is 15.2 Å². The number of likely N-dealkylation sites (N-methyl/N-ethyl adjacent to an activating group) is 1. The molecule has 2 N–H and O–H groups in total. The van der Waals surface area contributed by atoms with Crippen LogP contribution in [-0.2, 0) is 11.3 Å². The highest BCUT2D eigenvalue weighted by atomic mass is 16.5. The van der Waals surface area contributed by atoms with E-state index in [0.29, 0.717) is 31.1 Å². The Kier molecular flexibility index (Phi) is 6.07. The molecule has 1 saturated heterocycles. The molecule has 0 radical (unpaired) electrons. The number of amides is 1. The van der Waals surface area contributed by atoms with Gasteiger partial charge in [-0.05, 0) is 31.0 Å². The number of carbonyl (C=O) groups excluding carboxylic acids is 1. The molecule has 1 fully saturated rings. The van der Waals surface area contributed by atoms with Gasteiger partial charge in [-0.3, -0.25) is 9.69 Å². The van der Waals surface area contributed by atoms with Gasteiger partial charge in [0.05, 0.1) is 20.8 Å². The Labute approximate surface area is 144 Å². The van der Waals surface area contributed by atoms with Gasteiger partial charge in [0.2, 0.25) is 5.91 Å². The van der Waals surface area contributed by atoms with Crippen molar-refractivity contribution >= 4 is 5.91 Å². The van der Waals surface area contributed by atoms with E-state index in [1.165, 1.54) is 0 Å². The van der Waals surface area contributed by atoms with Gasteiger partial charge in [-0.25, -0.2) is 0 Å². The number of nitrogens with zero attached hydrogens (tertiary/aromatic N) is 2. The number of hydrogen-bond donors (Lipinski definition) is 1. The standard InChI is InChI=1S/C18H29N3O3/c1-18(12-19)8-9-21(13-18)11-16(22)20(2)10-14-6-5-7-15(23-3)17(14)24-4/h5-7H,8-13,19H2,1-4H3. The average Bonchev–Trinajstić information content (AvgIpc) is 2.96. The maximum atomic E-state index is 12.5. The summed E-state index contributed by atoms with van der Waals surface area (Å²) in [6.07, 6.45) is 1.05. The lowest BCUT2D eigenvalue weighted by atomic mass is 9.90. The minimum Gasteiger partial charge on any atom is -0.493 e. The van der Waals surface area contributed by atoms with E-state index in [9.17, 15) is 4.79 Å². The summed E-state index contributed by atoms with van der Waals surface area (Å²) in [5.41, 5.74) is 6.90. The zero-order valence-electron chi connectivity index (χ0n) is 15.2. The Bertz CT molecular complexity index is 579. The quantitative estimate of drug-likeness (QED) is 0.814. The number of methoxy groups -OCH3 is 2. The molecule has 0 bridgehead atoms. The molecule has 6 heteroatoms. The highest BCUT2D eigenvalue weighted by molar-refractivity contribution is 5.78. The van der Waals surface area contributed by atoms with Crippen LogP contribution < -0.4 is 15.2 Å². The predicted molar refractivity (Wildman–Crippen MR) is 94.2 cm³/mol. The zero-order valence-corrected chi connectivity index (χ0v) is 15.2. The number of ether oxygens (including phenoxy) is 2. The third kappa shape index (κ3) is 4.19. The van der Waals surface area contributed by atoms with Gasteiger partial charge in [0.25, 0.3) is 0 Å². The van der Waals surface area contributed by atoms with Crippen molar-refractivity contribution in [3.63, 3.8) is 0 Å². The fourth-order valence-corrected chi connectivity index (χ4v) is 3.16. The van der Waals surface area contributed by atoms with E-state index < -0.39 is 0 Å². The lowest BCUT2D eigenvalue weighted by Gasteiger charge is -2.25. The highest BCUT2D eigenvalue weighted by Crippen LogP contribution is 2.31. The number of carbonyl (C=O) groups is 1. The molecule has 2 rings (SSSR count). The van der Waals surface area contributed by atoms with Gasteiger partial charge in [-0.2, -0.15) is 0 Å². The second kappa shape index (κ2) is 7.85. The lowest BCUT2D eigenvalue weighted by Crippen LogP contribution is -2.39. The van der Waals surface area contributed by atoms with E-state index in [1.807, 2.05) is 25.2 Å². The molecule has 6 nitrogen and oxygen atoms in total. The minimum atomic E-state index is 0.0983. The Hall–Kier alpha value is -1.79. The largest absolute Gasteiger partial charge is 0.493 e. The van der Waals surface area contributed by atoms with Gasteiger partial charge in [-0.15, -0.1) is 0 Å². The Morgan fingerprint density at radius 2 is 2.12 bits per heavy atom. The van der Waals surface area contributed by atoms with Gasteiger partial charge in [0, 0.05) is 25.7 Å². The van der Waals surface area contributed by atoms with Crippen LogP contribution in [0.2, 0.25) is 0 Å². The second-order valence-corrected chi connectivity index (χ2v) is 6.88. The van der Waals surface area contributed by atoms with Crippen LogP contribution >= 0.6 is 0 Å². The van der Waals surface area contributed by atoms with Crippen LogP contribution in [0.5, 0.6) is 11.5 Å². The maximum absolute atomic E-state index is 12.5. The number of nitrogens with two attached hydrogens (primary N) is 1. The normalized spacial score (nSPS) is 20.9. The first kappa shape index (κ1) is 18.5. The molecule has 0 saturated carbocycles. The van der Waals surface area contributed by atoms with Gasteiger partial charge in [0.15, 0.2) is 11.5 Å². The average molecular weight is 335 g/mol. The van der Waals surface area contributed by atoms with Gasteiger partial charge >= 0.3 is 0 Å². The molecule has 1 atom stereocenters. The topological polar surface area (TPSA) is 68.0 Å². The monoisotopic (exact) mass is 335 g/mol. The molecule has 1 unspecified atom stereocenters. The van der Waals surface area contributed by atoms with Crippen LogP contribution in [0.15, 0.2) is 18.2 Å². The fraction of sp³-hybridized carbons (Fsp3) is 0.611. The highest BCUT2D eigenvalue weighted by Gasteiger charge is 2.33. The molecule has 1 aliphatic rings. The molecule has 1 aromatic rings. The van der Waals surface area contributed by atoms with Crippen molar-refractivity contribution in [2.75, 3.05) is 47.4 Å². The first-order chi connectivity index (χ1) is 11.4. The van der Waals surface area contributed by atoms with E-state index in [0.717, 1.165) is 25.1 Å². The van der Waals surface area contributed by atoms with Crippen LogP contribution in [0, 0.1) is 5.41 Å². The van der Waals surface area contributed by atoms with Crippen molar-refractivity contribution in [3.05, 3.63) is 23.8 Å². The van der Waals surface area contributed by atoms with Crippen molar-refractivity contribution in [2.24, 2.45) is 11.1 Å². The second-order valence-electron chi connectivity index (χ2n) is 6.88. The lowest BCUT2D eigenvalue weighted by molar-refractivity contribution is -0.131. The van der Waals surface area contributed by atoms with Crippen LogP contribution in [0.1, 0.15) is 18.9 Å². The number of benzene rings is 1. The molecule has 0 aliphatic carbocycles. The van der Waals surface area contributed by atoms with Crippen molar-refractivity contribution in [1.29, 1.82) is 0 Å². The molecule has 134 valence electrons. The summed E-state index contributed by atoms with van der Waals surface area (Å²) in [4.78, 5) is 16.5. The molecule has 0 spiro atoms. The predicted octanol–water partition coefficient (Wildman–Crippen LogP) is 1.33. The summed E-state index contributed by atoms with van der Waals surface area (Å²) >= 11 is 0. The summed E-state index contributed by atoms with van der Waals surface area (Å²) in [7, 11) is 5.04. The first-order valence-electron chi connectivity index (χ1n) is 8.28. The summed E-state index contributed by atoms with van der Waals surface area (Å²) in [6, 6.07) is 5.71. The van der Waals surface area contributed by atoms with Gasteiger partial charge < -0.3 is 20.1 Å². The summed E-state index contributed by atoms with van der Waals surface area (Å²) in [5.74, 6) is 1.45. The number of para-hydroxylation sites is 1. The van der Waals surface area contributed by atoms with Crippen molar-refractivity contribution in [2.45, 2.75) is 19.9 Å².